The van der Waals surface area contributed by atoms with E-state index in [1.54, 1.807) is 0 Å². The number of hydrogen-bond acceptors (Lipinski definition) is 2. The van der Waals surface area contributed by atoms with Crippen molar-refractivity contribution >= 4 is 5.91 Å². The molecule has 0 radical (unpaired) electrons. The minimum Gasteiger partial charge on any atom is -0.353 e. The molecule has 124 valence electrons. The summed E-state index contributed by atoms with van der Waals surface area (Å²) < 4.78 is 0. The topological polar surface area (TPSA) is 32.3 Å². The summed E-state index contributed by atoms with van der Waals surface area (Å²) in [5.41, 5.74) is 0.101. The molecule has 21 heavy (non-hydrogen) atoms. The third kappa shape index (κ3) is 4.98. The van der Waals surface area contributed by atoms with Crippen molar-refractivity contribution in [1.29, 1.82) is 0 Å². The van der Waals surface area contributed by atoms with Gasteiger partial charge in [0, 0.05) is 6.04 Å². The molecule has 0 aromatic carbocycles. The summed E-state index contributed by atoms with van der Waals surface area (Å²) in [6, 6.07) is 0.283. The summed E-state index contributed by atoms with van der Waals surface area (Å²) in [6.07, 6.45) is 3.26. The van der Waals surface area contributed by atoms with Crippen molar-refractivity contribution in [2.24, 2.45) is 16.7 Å². The molecule has 3 nitrogen and oxygen atoms in total. The van der Waals surface area contributed by atoms with Gasteiger partial charge in [0.05, 0.1) is 5.41 Å². The van der Waals surface area contributed by atoms with Gasteiger partial charge >= 0.3 is 0 Å². The van der Waals surface area contributed by atoms with Gasteiger partial charge in [-0.05, 0) is 57.2 Å². The molecule has 1 rings (SSSR count). The molecule has 3 heteroatoms. The number of hydrogen-bond donors (Lipinski definition) is 1. The lowest BCUT2D eigenvalue weighted by atomic mass is 9.85. The molecule has 0 bridgehead atoms. The zero-order valence-corrected chi connectivity index (χ0v) is 15.3. The van der Waals surface area contributed by atoms with Crippen LogP contribution in [0.4, 0.5) is 0 Å². The Balaban J connectivity index is 2.32. The van der Waals surface area contributed by atoms with E-state index in [1.165, 1.54) is 0 Å². The van der Waals surface area contributed by atoms with Gasteiger partial charge in [-0.15, -0.1) is 0 Å². The van der Waals surface area contributed by atoms with E-state index in [-0.39, 0.29) is 22.8 Å². The van der Waals surface area contributed by atoms with E-state index < -0.39 is 0 Å². The highest BCUT2D eigenvalue weighted by molar-refractivity contribution is 5.85. The van der Waals surface area contributed by atoms with Crippen LogP contribution in [0, 0.1) is 16.7 Å². The molecule has 0 saturated heterocycles. The van der Waals surface area contributed by atoms with Gasteiger partial charge in [-0.3, -0.25) is 4.79 Å². The van der Waals surface area contributed by atoms with Crippen LogP contribution in [0.2, 0.25) is 0 Å². The molecule has 0 aromatic rings. The Morgan fingerprint density at radius 2 is 1.90 bits per heavy atom. The number of amides is 1. The van der Waals surface area contributed by atoms with Gasteiger partial charge < -0.3 is 10.2 Å². The molecule has 1 saturated carbocycles. The Morgan fingerprint density at radius 3 is 2.33 bits per heavy atom. The van der Waals surface area contributed by atoms with E-state index in [9.17, 15) is 4.79 Å². The first kappa shape index (κ1) is 18.5. The Hall–Kier alpha value is -0.570. The van der Waals surface area contributed by atoms with Crippen LogP contribution in [0.25, 0.3) is 0 Å². The Labute approximate surface area is 131 Å². The van der Waals surface area contributed by atoms with Gasteiger partial charge in [0.2, 0.25) is 5.91 Å². The van der Waals surface area contributed by atoms with E-state index in [0.717, 1.165) is 38.9 Å². The van der Waals surface area contributed by atoms with Crippen LogP contribution in [0.1, 0.15) is 67.7 Å². The van der Waals surface area contributed by atoms with Crippen LogP contribution >= 0.6 is 0 Å². The smallest absolute Gasteiger partial charge is 0.226 e. The third-order valence-corrected chi connectivity index (χ3v) is 5.18. The lowest BCUT2D eigenvalue weighted by Gasteiger charge is -2.24. The Kier molecular flexibility index (Phi) is 6.27. The number of carbonyl (C=O) groups excluding carboxylic acids is 1. The highest BCUT2D eigenvalue weighted by Crippen LogP contribution is 2.60. The second-order valence-corrected chi connectivity index (χ2v) is 8.08. The van der Waals surface area contributed by atoms with Crippen molar-refractivity contribution in [3.63, 3.8) is 0 Å². The van der Waals surface area contributed by atoms with Crippen LogP contribution in [-0.4, -0.2) is 36.5 Å². The summed E-state index contributed by atoms with van der Waals surface area (Å²) in [7, 11) is 0. The number of nitrogens with one attached hydrogen (secondary N) is 1. The number of nitrogens with zero attached hydrogens (tertiary/aromatic N) is 1. The molecular formula is C18H36N2O. The van der Waals surface area contributed by atoms with Crippen LogP contribution in [0.5, 0.6) is 0 Å². The molecular weight excluding hydrogens is 260 g/mol. The van der Waals surface area contributed by atoms with Gasteiger partial charge in [-0.25, -0.2) is 0 Å². The first-order chi connectivity index (χ1) is 9.65. The summed E-state index contributed by atoms with van der Waals surface area (Å²) in [5, 5.41) is 3.24. The summed E-state index contributed by atoms with van der Waals surface area (Å²) in [5.74, 6) is 0.783. The molecule has 0 spiro atoms. The van der Waals surface area contributed by atoms with Crippen molar-refractivity contribution in [2.45, 2.75) is 73.8 Å². The lowest BCUT2D eigenvalue weighted by molar-refractivity contribution is -0.127. The minimum absolute atomic E-state index is 0.134. The normalized spacial score (nSPS) is 26.8. The molecule has 3 atom stereocenters. The highest BCUT2D eigenvalue weighted by Gasteiger charge is 2.60. The molecule has 0 heterocycles. The predicted octanol–water partition coefficient (Wildman–Crippen LogP) is 3.69. The fraction of sp³-hybridized carbons (Fsp3) is 0.944. The van der Waals surface area contributed by atoms with Gasteiger partial charge in [0.1, 0.15) is 0 Å². The van der Waals surface area contributed by atoms with Gasteiger partial charge in [0.15, 0.2) is 0 Å². The molecule has 0 aliphatic heterocycles. The standard InChI is InChI=1S/C18H36N2O/c1-8-20(9-2)12-10-11-14(3)19-16(21)18(7)13-15(18)17(4,5)6/h14-15H,8-13H2,1-7H3,(H,19,21). The van der Waals surface area contributed by atoms with Crippen LogP contribution in [0.15, 0.2) is 0 Å². The van der Waals surface area contributed by atoms with Crippen molar-refractivity contribution in [3.8, 4) is 0 Å². The zero-order chi connectivity index (χ0) is 16.3. The average molecular weight is 296 g/mol. The maximum absolute atomic E-state index is 12.5. The SMILES string of the molecule is CCN(CC)CCCC(C)NC(=O)C1(C)CC1C(C)(C)C. The Morgan fingerprint density at radius 1 is 1.33 bits per heavy atom. The monoisotopic (exact) mass is 296 g/mol. The van der Waals surface area contributed by atoms with E-state index in [1.807, 2.05) is 0 Å². The van der Waals surface area contributed by atoms with E-state index in [2.05, 4.69) is 58.7 Å². The van der Waals surface area contributed by atoms with Crippen molar-refractivity contribution < 1.29 is 4.79 Å². The fourth-order valence-corrected chi connectivity index (χ4v) is 3.50. The largest absolute Gasteiger partial charge is 0.353 e. The van der Waals surface area contributed by atoms with Gasteiger partial charge in [0.25, 0.3) is 0 Å². The van der Waals surface area contributed by atoms with Crippen molar-refractivity contribution in [2.75, 3.05) is 19.6 Å². The molecule has 1 N–H and O–H groups in total. The molecule has 0 aromatic heterocycles. The second kappa shape index (κ2) is 7.13. The molecule has 1 amide bonds. The molecule has 1 aliphatic carbocycles. The van der Waals surface area contributed by atoms with E-state index >= 15 is 0 Å². The van der Waals surface area contributed by atoms with Crippen molar-refractivity contribution in [3.05, 3.63) is 0 Å². The molecule has 1 fully saturated rings. The number of carbonyl (C=O) groups is 1. The maximum atomic E-state index is 12.5. The maximum Gasteiger partial charge on any atom is 0.226 e. The highest BCUT2D eigenvalue weighted by atomic mass is 16.2. The quantitative estimate of drug-likeness (QED) is 0.741. The second-order valence-electron chi connectivity index (χ2n) is 8.08. The van der Waals surface area contributed by atoms with Crippen LogP contribution < -0.4 is 5.32 Å². The van der Waals surface area contributed by atoms with Gasteiger partial charge in [-0.2, -0.15) is 0 Å². The number of rotatable bonds is 8. The first-order valence-electron chi connectivity index (χ1n) is 8.68. The zero-order valence-electron chi connectivity index (χ0n) is 15.3. The summed E-state index contributed by atoms with van der Waals surface area (Å²) in [6.45, 7) is 18.8. The van der Waals surface area contributed by atoms with Gasteiger partial charge in [-0.1, -0.05) is 41.5 Å². The predicted molar refractivity (Wildman–Crippen MR) is 90.3 cm³/mol. The molecule has 1 aliphatic rings. The summed E-state index contributed by atoms with van der Waals surface area (Å²) in [4.78, 5) is 14.9. The Bertz CT molecular complexity index is 344. The first-order valence-corrected chi connectivity index (χ1v) is 8.68. The summed E-state index contributed by atoms with van der Waals surface area (Å²) >= 11 is 0. The molecule has 3 unspecified atom stereocenters. The van der Waals surface area contributed by atoms with E-state index in [0.29, 0.717) is 5.92 Å². The third-order valence-electron chi connectivity index (χ3n) is 5.18. The fourth-order valence-electron chi connectivity index (χ4n) is 3.50. The van der Waals surface area contributed by atoms with Crippen molar-refractivity contribution in [1.82, 2.24) is 10.2 Å². The van der Waals surface area contributed by atoms with E-state index in [4.69, 9.17) is 0 Å². The minimum atomic E-state index is -0.134. The van der Waals surface area contributed by atoms with Crippen LogP contribution in [-0.2, 0) is 4.79 Å². The lowest BCUT2D eigenvalue weighted by Crippen LogP contribution is -2.39. The average Bonchev–Trinajstić information content (AvgIpc) is 3.09. The van der Waals surface area contributed by atoms with Crippen LogP contribution in [0.3, 0.4) is 0 Å².